The van der Waals surface area contributed by atoms with Crippen LogP contribution in [0.2, 0.25) is 0 Å². The highest BCUT2D eigenvalue weighted by Crippen LogP contribution is 2.18. The number of rotatable bonds is 7. The zero-order valence-electron chi connectivity index (χ0n) is 17.8. The first-order valence-corrected chi connectivity index (χ1v) is 9.86. The molecule has 0 unspecified atom stereocenters. The molecule has 0 fully saturated rings. The number of nitrogens with one attached hydrogen (secondary N) is 1. The van der Waals surface area contributed by atoms with Crippen LogP contribution in [0.3, 0.4) is 0 Å². The molecule has 3 rings (SSSR count). The first kappa shape index (κ1) is 22.7. The summed E-state index contributed by atoms with van der Waals surface area (Å²) in [5.74, 6) is -1.98. The van der Waals surface area contributed by atoms with Crippen LogP contribution in [0.25, 0.3) is 5.69 Å². The number of ether oxygens (including phenoxy) is 2. The van der Waals surface area contributed by atoms with Crippen LogP contribution in [0, 0.1) is 19.7 Å². The topological polar surface area (TPSA) is 99.5 Å². The minimum absolute atomic E-state index is 0.0722. The molecule has 8 nitrogen and oxygen atoms in total. The third-order valence-electron chi connectivity index (χ3n) is 4.45. The van der Waals surface area contributed by atoms with Crippen LogP contribution in [0.1, 0.15) is 28.5 Å². The van der Waals surface area contributed by atoms with E-state index in [-0.39, 0.29) is 23.7 Å². The number of aromatic nitrogens is 2. The summed E-state index contributed by atoms with van der Waals surface area (Å²) in [6.45, 7) is 5.04. The summed E-state index contributed by atoms with van der Waals surface area (Å²) in [5.41, 5.74) is 1.91. The second-order valence-corrected chi connectivity index (χ2v) is 6.96. The van der Waals surface area contributed by atoms with Crippen molar-refractivity contribution in [3.63, 3.8) is 0 Å². The average Bonchev–Trinajstić information content (AvgIpc) is 2.75. The molecule has 1 N–H and O–H groups in total. The third-order valence-corrected chi connectivity index (χ3v) is 4.45. The van der Waals surface area contributed by atoms with Crippen LogP contribution in [-0.4, -0.2) is 34.9 Å². The Morgan fingerprint density at radius 1 is 1.09 bits per heavy atom. The van der Waals surface area contributed by atoms with Gasteiger partial charge in [0.15, 0.2) is 12.4 Å². The molecule has 0 radical (unpaired) electrons. The molecule has 1 heterocycles. The van der Waals surface area contributed by atoms with E-state index >= 15 is 0 Å². The number of halogens is 1. The lowest BCUT2D eigenvalue weighted by Gasteiger charge is -2.13. The number of aryl methyl sites for hydroxylation is 2. The Labute approximate surface area is 183 Å². The van der Waals surface area contributed by atoms with Crippen LogP contribution in [-0.2, 0) is 9.53 Å². The smallest absolute Gasteiger partial charge is 0.362 e. The van der Waals surface area contributed by atoms with E-state index in [0.29, 0.717) is 5.69 Å². The summed E-state index contributed by atoms with van der Waals surface area (Å²) in [4.78, 5) is 37.3. The van der Waals surface area contributed by atoms with E-state index in [0.717, 1.165) is 34.0 Å². The SMILES string of the molecule is CCOC(=O)c1nn(-c2ccc(F)cc2)c(=O)cc1OCC(=O)Nc1ccc(C)cc1C. The fourth-order valence-electron chi connectivity index (χ4n) is 2.94. The molecule has 9 heteroatoms. The first-order chi connectivity index (χ1) is 15.3. The summed E-state index contributed by atoms with van der Waals surface area (Å²) in [6.07, 6.45) is 0. The summed E-state index contributed by atoms with van der Waals surface area (Å²) < 4.78 is 24.6. The van der Waals surface area contributed by atoms with Crippen LogP contribution < -0.4 is 15.6 Å². The molecule has 0 aliphatic rings. The Kier molecular flexibility index (Phi) is 6.99. The number of benzene rings is 2. The fraction of sp³-hybridized carbons (Fsp3) is 0.217. The number of carbonyl (C=O) groups is 2. The minimum atomic E-state index is -0.826. The van der Waals surface area contributed by atoms with Crippen molar-refractivity contribution < 1.29 is 23.5 Å². The highest BCUT2D eigenvalue weighted by Gasteiger charge is 2.21. The van der Waals surface area contributed by atoms with E-state index < -0.39 is 29.9 Å². The summed E-state index contributed by atoms with van der Waals surface area (Å²) in [7, 11) is 0. The second-order valence-electron chi connectivity index (χ2n) is 6.96. The molecule has 32 heavy (non-hydrogen) atoms. The van der Waals surface area contributed by atoms with E-state index in [1.165, 1.54) is 12.1 Å². The van der Waals surface area contributed by atoms with E-state index in [1.807, 2.05) is 26.0 Å². The summed E-state index contributed by atoms with van der Waals surface area (Å²) in [5, 5.41) is 6.75. The van der Waals surface area contributed by atoms with Gasteiger partial charge in [-0.05, 0) is 56.7 Å². The lowest BCUT2D eigenvalue weighted by Crippen LogP contribution is -2.27. The Hall–Kier alpha value is -4.01. The Balaban J connectivity index is 1.85. The third kappa shape index (κ3) is 5.37. The maximum absolute atomic E-state index is 13.2. The van der Waals surface area contributed by atoms with E-state index in [1.54, 1.807) is 13.0 Å². The normalized spacial score (nSPS) is 10.5. The van der Waals surface area contributed by atoms with Crippen LogP contribution in [0.5, 0.6) is 5.75 Å². The number of hydrogen-bond donors (Lipinski definition) is 1. The fourth-order valence-corrected chi connectivity index (χ4v) is 2.94. The van der Waals surface area contributed by atoms with Gasteiger partial charge in [0.05, 0.1) is 18.4 Å². The quantitative estimate of drug-likeness (QED) is 0.568. The first-order valence-electron chi connectivity index (χ1n) is 9.86. The molecular weight excluding hydrogens is 417 g/mol. The Morgan fingerprint density at radius 3 is 2.47 bits per heavy atom. The van der Waals surface area contributed by atoms with Crippen molar-refractivity contribution in [2.24, 2.45) is 0 Å². The lowest BCUT2D eigenvalue weighted by molar-refractivity contribution is -0.118. The number of carbonyl (C=O) groups excluding carboxylic acids is 2. The van der Waals surface area contributed by atoms with E-state index in [4.69, 9.17) is 9.47 Å². The monoisotopic (exact) mass is 439 g/mol. The van der Waals surface area contributed by atoms with Gasteiger partial charge in [-0.25, -0.2) is 9.18 Å². The van der Waals surface area contributed by atoms with Crippen molar-refractivity contribution in [2.45, 2.75) is 20.8 Å². The number of esters is 1. The molecule has 166 valence electrons. The molecule has 0 saturated heterocycles. The van der Waals surface area contributed by atoms with Gasteiger partial charge in [-0.1, -0.05) is 17.7 Å². The van der Waals surface area contributed by atoms with Gasteiger partial charge >= 0.3 is 5.97 Å². The summed E-state index contributed by atoms with van der Waals surface area (Å²) in [6, 6.07) is 11.6. The molecule has 0 aliphatic carbocycles. The van der Waals surface area contributed by atoms with Crippen LogP contribution >= 0.6 is 0 Å². The predicted molar refractivity (Wildman–Crippen MR) is 116 cm³/mol. The van der Waals surface area contributed by atoms with Crippen LogP contribution in [0.4, 0.5) is 10.1 Å². The number of amides is 1. The van der Waals surface area contributed by atoms with Gasteiger partial charge in [-0.15, -0.1) is 0 Å². The van der Waals surface area contributed by atoms with E-state index in [2.05, 4.69) is 10.4 Å². The van der Waals surface area contributed by atoms with Gasteiger partial charge in [0.25, 0.3) is 11.5 Å². The molecule has 0 bridgehead atoms. The Bertz CT molecular complexity index is 1210. The standard InChI is InChI=1S/C23H22FN3O5/c1-4-31-23(30)22-19(12-21(29)27(26-22)17-8-6-16(24)7-9-17)32-13-20(28)25-18-10-5-14(2)11-15(18)3/h5-12H,4,13H2,1-3H3,(H,25,28). The molecule has 0 atom stereocenters. The Morgan fingerprint density at radius 2 is 1.81 bits per heavy atom. The molecule has 1 aromatic heterocycles. The molecule has 1 amide bonds. The zero-order chi connectivity index (χ0) is 23.3. The van der Waals surface area contributed by atoms with Gasteiger partial charge in [0, 0.05) is 5.69 Å². The molecule has 0 spiro atoms. The average molecular weight is 439 g/mol. The maximum Gasteiger partial charge on any atom is 0.362 e. The lowest BCUT2D eigenvalue weighted by atomic mass is 10.1. The van der Waals surface area contributed by atoms with E-state index in [9.17, 15) is 18.8 Å². The largest absolute Gasteiger partial charge is 0.481 e. The van der Waals surface area contributed by atoms with Crippen LogP contribution in [0.15, 0.2) is 53.3 Å². The van der Waals surface area contributed by atoms with Gasteiger partial charge in [-0.3, -0.25) is 9.59 Å². The van der Waals surface area contributed by atoms with Crippen molar-refractivity contribution in [1.29, 1.82) is 0 Å². The summed E-state index contributed by atoms with van der Waals surface area (Å²) >= 11 is 0. The number of nitrogens with zero attached hydrogens (tertiary/aromatic N) is 2. The van der Waals surface area contributed by atoms with Crippen molar-refractivity contribution in [1.82, 2.24) is 9.78 Å². The predicted octanol–water partition coefficient (Wildman–Crippen LogP) is 3.18. The second kappa shape index (κ2) is 9.86. The molecule has 0 aliphatic heterocycles. The maximum atomic E-state index is 13.2. The molecule has 3 aromatic rings. The molecule has 2 aromatic carbocycles. The van der Waals surface area contributed by atoms with Crippen molar-refractivity contribution in [3.05, 3.63) is 81.5 Å². The zero-order valence-corrected chi connectivity index (χ0v) is 17.8. The van der Waals surface area contributed by atoms with Crippen molar-refractivity contribution in [2.75, 3.05) is 18.5 Å². The van der Waals surface area contributed by atoms with Crippen molar-refractivity contribution >= 4 is 17.6 Å². The van der Waals surface area contributed by atoms with Gasteiger partial charge in [-0.2, -0.15) is 9.78 Å². The highest BCUT2D eigenvalue weighted by molar-refractivity contribution is 5.93. The molecule has 0 saturated carbocycles. The van der Waals surface area contributed by atoms with Gasteiger partial charge in [0.1, 0.15) is 5.82 Å². The minimum Gasteiger partial charge on any atom is -0.481 e. The van der Waals surface area contributed by atoms with Crippen molar-refractivity contribution in [3.8, 4) is 11.4 Å². The van der Waals surface area contributed by atoms with Gasteiger partial charge < -0.3 is 14.8 Å². The number of anilines is 1. The van der Waals surface area contributed by atoms with Gasteiger partial charge in [0.2, 0.25) is 5.69 Å². The number of hydrogen-bond acceptors (Lipinski definition) is 6. The molecular formula is C23H22FN3O5. The highest BCUT2D eigenvalue weighted by atomic mass is 19.1.